The highest BCUT2D eigenvalue weighted by Gasteiger charge is 2.30. The van der Waals surface area contributed by atoms with E-state index < -0.39 is 22.7 Å². The van der Waals surface area contributed by atoms with Gasteiger partial charge in [-0.25, -0.2) is 13.1 Å². The molecule has 92 valence electrons. The van der Waals surface area contributed by atoms with Crippen molar-refractivity contribution in [2.24, 2.45) is 0 Å². The summed E-state index contributed by atoms with van der Waals surface area (Å²) in [4.78, 5) is 0.301. The lowest BCUT2D eigenvalue weighted by Gasteiger charge is -2.08. The van der Waals surface area contributed by atoms with Crippen LogP contribution in [-0.4, -0.2) is 21.1 Å². The van der Waals surface area contributed by atoms with Crippen molar-refractivity contribution >= 4 is 37.3 Å². The molecule has 9 heteroatoms. The van der Waals surface area contributed by atoms with Crippen LogP contribution in [0.1, 0.15) is 4.88 Å². The third-order valence-corrected chi connectivity index (χ3v) is 4.80. The number of halogens is 4. The molecule has 0 aliphatic heterocycles. The van der Waals surface area contributed by atoms with E-state index >= 15 is 0 Å². The zero-order valence-electron chi connectivity index (χ0n) is 7.93. The average Bonchev–Trinajstić information content (AvgIpc) is 2.42. The highest BCUT2D eigenvalue weighted by atomic mass is 79.9. The quantitative estimate of drug-likeness (QED) is 0.921. The third-order valence-electron chi connectivity index (χ3n) is 1.59. The first-order chi connectivity index (χ1) is 7.12. The Hall–Kier alpha value is -0.120. The Morgan fingerprint density at radius 1 is 1.50 bits per heavy atom. The van der Waals surface area contributed by atoms with Crippen LogP contribution in [-0.2, 0) is 10.0 Å². The highest BCUT2D eigenvalue weighted by Crippen LogP contribution is 2.29. The lowest BCUT2D eigenvalue weighted by Crippen LogP contribution is -2.33. The fourth-order valence-corrected chi connectivity index (χ4v) is 4.38. The number of rotatable bonds is 3. The smallest absolute Gasteiger partial charge is 0.207 e. The van der Waals surface area contributed by atoms with Crippen LogP contribution in [0.15, 0.2) is 14.7 Å². The van der Waals surface area contributed by atoms with Gasteiger partial charge in [0.2, 0.25) is 10.0 Å². The number of sulfonamides is 1. The normalized spacial score (nSPS) is 13.1. The van der Waals surface area contributed by atoms with Crippen molar-refractivity contribution in [3.63, 3.8) is 0 Å². The molecular weight excluding hydrogens is 331 g/mol. The van der Waals surface area contributed by atoms with E-state index in [9.17, 15) is 21.6 Å². The van der Waals surface area contributed by atoms with Crippen LogP contribution in [0.2, 0.25) is 0 Å². The van der Waals surface area contributed by atoms with Gasteiger partial charge in [0, 0.05) is 4.88 Å². The van der Waals surface area contributed by atoms with Crippen LogP contribution in [0.25, 0.3) is 0 Å². The Balaban J connectivity index is 2.91. The Labute approximate surface area is 103 Å². The summed E-state index contributed by atoms with van der Waals surface area (Å²) in [7, 11) is -4.09. The minimum Gasteiger partial charge on any atom is -0.207 e. The second-order valence-corrected chi connectivity index (χ2v) is 7.28. The summed E-state index contributed by atoms with van der Waals surface area (Å²) >= 11 is 4.22. The maximum atomic E-state index is 11.9. The van der Waals surface area contributed by atoms with Crippen molar-refractivity contribution in [3.05, 3.63) is 14.7 Å². The van der Waals surface area contributed by atoms with Crippen molar-refractivity contribution in [2.45, 2.75) is 18.0 Å². The molecule has 16 heavy (non-hydrogen) atoms. The fraction of sp³-hybridized carbons (Fsp3) is 0.429. The number of thiophene rings is 1. The van der Waals surface area contributed by atoms with E-state index in [0.717, 1.165) is 11.3 Å². The predicted octanol–water partition coefficient (Wildman–Crippen LogP) is 2.66. The van der Waals surface area contributed by atoms with Gasteiger partial charge in [0.1, 0.15) is 6.54 Å². The Morgan fingerprint density at radius 3 is 2.44 bits per heavy atom. The van der Waals surface area contributed by atoms with Gasteiger partial charge >= 0.3 is 6.18 Å². The molecule has 1 aromatic heterocycles. The summed E-state index contributed by atoms with van der Waals surface area (Å²) in [5.41, 5.74) is 0. The van der Waals surface area contributed by atoms with Gasteiger partial charge in [0.15, 0.2) is 0 Å². The molecule has 0 aromatic carbocycles. The molecule has 3 nitrogen and oxygen atoms in total. The van der Waals surface area contributed by atoms with E-state index in [4.69, 9.17) is 0 Å². The number of hydrogen-bond acceptors (Lipinski definition) is 3. The molecule has 0 aliphatic rings. The molecule has 0 unspecified atom stereocenters. The second kappa shape index (κ2) is 4.63. The molecule has 1 aromatic rings. The van der Waals surface area contributed by atoms with Crippen LogP contribution in [0.4, 0.5) is 13.2 Å². The summed E-state index contributed by atoms with van der Waals surface area (Å²) < 4.78 is 60.7. The molecule has 0 bridgehead atoms. The number of hydrogen-bond donors (Lipinski definition) is 1. The van der Waals surface area contributed by atoms with Crippen LogP contribution >= 0.6 is 27.3 Å². The lowest BCUT2D eigenvalue weighted by atomic mass is 10.5. The number of alkyl halides is 3. The van der Waals surface area contributed by atoms with Crippen molar-refractivity contribution in [2.75, 3.05) is 6.54 Å². The summed E-state index contributed by atoms with van der Waals surface area (Å²) in [5, 5.41) is 0. The molecular formula is C7H7BrF3NO2S2. The number of aryl methyl sites for hydroxylation is 1. The topological polar surface area (TPSA) is 46.2 Å². The highest BCUT2D eigenvalue weighted by molar-refractivity contribution is 9.11. The van der Waals surface area contributed by atoms with Gasteiger partial charge < -0.3 is 0 Å². The molecule has 0 fully saturated rings. The average molecular weight is 338 g/mol. The minimum atomic E-state index is -4.56. The fourth-order valence-electron chi connectivity index (χ4n) is 0.952. The second-order valence-electron chi connectivity index (χ2n) is 2.91. The van der Waals surface area contributed by atoms with E-state index in [-0.39, 0.29) is 4.90 Å². The zero-order valence-corrected chi connectivity index (χ0v) is 11.1. The van der Waals surface area contributed by atoms with Crippen molar-refractivity contribution in [1.29, 1.82) is 0 Å². The van der Waals surface area contributed by atoms with Gasteiger partial charge in [0.25, 0.3) is 0 Å². The first-order valence-corrected chi connectivity index (χ1v) is 7.03. The molecule has 0 amide bonds. The molecule has 0 saturated heterocycles. The Kier molecular flexibility index (Phi) is 4.04. The summed E-state index contributed by atoms with van der Waals surface area (Å²) in [6.45, 7) is -0.0418. The third kappa shape index (κ3) is 3.72. The minimum absolute atomic E-state index is 0.131. The lowest BCUT2D eigenvalue weighted by molar-refractivity contribution is -0.121. The predicted molar refractivity (Wildman–Crippen MR) is 58.0 cm³/mol. The zero-order chi connectivity index (χ0) is 12.6. The number of nitrogens with one attached hydrogen (secondary N) is 1. The van der Waals surface area contributed by atoms with Crippen molar-refractivity contribution in [1.82, 2.24) is 4.72 Å². The largest absolute Gasteiger partial charge is 0.402 e. The molecule has 1 rings (SSSR count). The van der Waals surface area contributed by atoms with E-state index in [1.165, 1.54) is 17.7 Å². The van der Waals surface area contributed by atoms with Crippen LogP contribution in [0.5, 0.6) is 0 Å². The van der Waals surface area contributed by atoms with Gasteiger partial charge in [-0.2, -0.15) is 13.2 Å². The van der Waals surface area contributed by atoms with Crippen LogP contribution < -0.4 is 4.72 Å². The molecule has 0 aliphatic carbocycles. The molecule has 0 atom stereocenters. The van der Waals surface area contributed by atoms with Crippen molar-refractivity contribution in [3.8, 4) is 0 Å². The molecule has 0 spiro atoms. The standard InChI is InChI=1S/C7H7BrF3NO2S2/c1-4-5(2-6(8)15-4)16(13,14)12-3-7(9,10)11/h2,12H,3H2,1H3. The Morgan fingerprint density at radius 2 is 2.06 bits per heavy atom. The van der Waals surface area contributed by atoms with Gasteiger partial charge in [0.05, 0.1) is 8.68 Å². The molecule has 1 N–H and O–H groups in total. The summed E-state index contributed by atoms with van der Waals surface area (Å²) in [6.07, 6.45) is -4.56. The van der Waals surface area contributed by atoms with E-state index in [0.29, 0.717) is 8.66 Å². The van der Waals surface area contributed by atoms with Crippen LogP contribution in [0.3, 0.4) is 0 Å². The first kappa shape index (κ1) is 13.9. The maximum Gasteiger partial charge on any atom is 0.402 e. The SMILES string of the molecule is Cc1sc(Br)cc1S(=O)(=O)NCC(F)(F)F. The van der Waals surface area contributed by atoms with Gasteiger partial charge in [-0.15, -0.1) is 11.3 Å². The first-order valence-electron chi connectivity index (χ1n) is 3.94. The van der Waals surface area contributed by atoms with Gasteiger partial charge in [-0.3, -0.25) is 0 Å². The summed E-state index contributed by atoms with van der Waals surface area (Å²) in [6, 6.07) is 1.28. The maximum absolute atomic E-state index is 11.9. The van der Waals surface area contributed by atoms with E-state index in [2.05, 4.69) is 15.9 Å². The molecule has 0 saturated carbocycles. The Bertz CT molecular complexity index is 480. The van der Waals surface area contributed by atoms with E-state index in [1.807, 2.05) is 0 Å². The van der Waals surface area contributed by atoms with Crippen molar-refractivity contribution < 1.29 is 21.6 Å². The monoisotopic (exact) mass is 337 g/mol. The van der Waals surface area contributed by atoms with Gasteiger partial charge in [-0.1, -0.05) is 0 Å². The molecule has 0 radical (unpaired) electrons. The summed E-state index contributed by atoms with van der Waals surface area (Å²) in [5.74, 6) is 0. The van der Waals surface area contributed by atoms with E-state index in [1.54, 1.807) is 0 Å². The van der Waals surface area contributed by atoms with Gasteiger partial charge in [-0.05, 0) is 28.9 Å². The molecule has 1 heterocycles. The van der Waals surface area contributed by atoms with Crippen LogP contribution in [0, 0.1) is 6.92 Å².